The molecule has 0 radical (unpaired) electrons. The van der Waals surface area contributed by atoms with Gasteiger partial charge < -0.3 is 9.80 Å². The molecule has 1 aromatic heterocycles. The second kappa shape index (κ2) is 5.69. The zero-order valence-electron chi connectivity index (χ0n) is 12.1. The van der Waals surface area contributed by atoms with Crippen molar-refractivity contribution in [2.24, 2.45) is 0 Å². The van der Waals surface area contributed by atoms with Crippen LogP contribution >= 0.6 is 11.6 Å². The molecule has 3 rings (SSSR count). The first kappa shape index (κ1) is 13.8. The molecular weight excluding hydrogens is 276 g/mol. The Morgan fingerprint density at radius 2 is 1.95 bits per heavy atom. The fraction of sp³-hybridized carbons (Fsp3) is 0.769. The van der Waals surface area contributed by atoms with Gasteiger partial charge in [0.1, 0.15) is 0 Å². The maximum atomic E-state index is 6.02. The van der Waals surface area contributed by atoms with E-state index in [0.29, 0.717) is 17.9 Å². The van der Waals surface area contributed by atoms with E-state index in [4.69, 9.17) is 11.6 Å². The number of piperidine rings is 1. The summed E-state index contributed by atoms with van der Waals surface area (Å²) in [5, 5.41) is 0.268. The van der Waals surface area contributed by atoms with Gasteiger partial charge in [0.05, 0.1) is 0 Å². The highest BCUT2D eigenvalue weighted by molar-refractivity contribution is 6.28. The van der Waals surface area contributed by atoms with Crippen molar-refractivity contribution < 1.29 is 0 Å². The predicted octanol–water partition coefficient (Wildman–Crippen LogP) is 1.27. The maximum absolute atomic E-state index is 6.02. The van der Waals surface area contributed by atoms with Crippen LogP contribution in [0.5, 0.6) is 0 Å². The number of piperazine rings is 1. The molecule has 1 atom stereocenters. The second-order valence-electron chi connectivity index (χ2n) is 5.73. The van der Waals surface area contributed by atoms with E-state index in [1.807, 2.05) is 19.0 Å². The van der Waals surface area contributed by atoms with Crippen LogP contribution in [0.15, 0.2) is 0 Å². The van der Waals surface area contributed by atoms with Crippen LogP contribution in [0.3, 0.4) is 0 Å². The molecule has 0 amide bonds. The minimum atomic E-state index is 0.268. The summed E-state index contributed by atoms with van der Waals surface area (Å²) >= 11 is 6.02. The van der Waals surface area contributed by atoms with Crippen LogP contribution in [0, 0.1) is 0 Å². The average Bonchev–Trinajstić information content (AvgIpc) is 2.46. The third kappa shape index (κ3) is 2.81. The molecule has 0 bridgehead atoms. The van der Waals surface area contributed by atoms with Crippen molar-refractivity contribution in [2.75, 3.05) is 50.1 Å². The summed E-state index contributed by atoms with van der Waals surface area (Å²) < 4.78 is 0. The molecule has 2 aliphatic rings. The average molecular weight is 297 g/mol. The van der Waals surface area contributed by atoms with Gasteiger partial charge in [-0.15, -0.1) is 0 Å². The minimum Gasteiger partial charge on any atom is -0.347 e. The van der Waals surface area contributed by atoms with Crippen molar-refractivity contribution in [1.82, 2.24) is 19.9 Å². The van der Waals surface area contributed by atoms with E-state index >= 15 is 0 Å². The number of fused-ring (bicyclic) bond motifs is 1. The molecule has 20 heavy (non-hydrogen) atoms. The number of hydrogen-bond acceptors (Lipinski definition) is 6. The van der Waals surface area contributed by atoms with E-state index < -0.39 is 0 Å². The normalized spacial score (nSPS) is 23.6. The lowest BCUT2D eigenvalue weighted by Crippen LogP contribution is -2.55. The molecule has 2 saturated heterocycles. The predicted molar refractivity (Wildman–Crippen MR) is 80.6 cm³/mol. The zero-order chi connectivity index (χ0) is 14.1. The number of nitrogens with zero attached hydrogens (tertiary/aromatic N) is 6. The lowest BCUT2D eigenvalue weighted by atomic mass is 10.00. The first-order chi connectivity index (χ1) is 9.63. The summed E-state index contributed by atoms with van der Waals surface area (Å²) in [5.41, 5.74) is 0. The Morgan fingerprint density at radius 1 is 1.10 bits per heavy atom. The second-order valence-corrected chi connectivity index (χ2v) is 6.07. The van der Waals surface area contributed by atoms with Gasteiger partial charge in [-0.2, -0.15) is 15.0 Å². The lowest BCUT2D eigenvalue weighted by Gasteiger charge is -2.44. The summed E-state index contributed by atoms with van der Waals surface area (Å²) in [5.74, 6) is 1.32. The molecule has 6 nitrogen and oxygen atoms in total. The number of halogens is 1. The van der Waals surface area contributed by atoms with Crippen LogP contribution in [-0.2, 0) is 0 Å². The largest absolute Gasteiger partial charge is 0.347 e. The van der Waals surface area contributed by atoms with Crippen molar-refractivity contribution in [3.8, 4) is 0 Å². The van der Waals surface area contributed by atoms with E-state index in [9.17, 15) is 0 Å². The van der Waals surface area contributed by atoms with Crippen molar-refractivity contribution in [3.63, 3.8) is 0 Å². The lowest BCUT2D eigenvalue weighted by molar-refractivity contribution is 0.133. The van der Waals surface area contributed by atoms with Gasteiger partial charge in [-0.3, -0.25) is 4.90 Å². The Morgan fingerprint density at radius 3 is 2.75 bits per heavy atom. The van der Waals surface area contributed by atoms with Crippen molar-refractivity contribution in [2.45, 2.75) is 25.3 Å². The molecule has 3 heterocycles. The van der Waals surface area contributed by atoms with Crippen LogP contribution < -0.4 is 9.80 Å². The first-order valence-electron chi connectivity index (χ1n) is 7.21. The van der Waals surface area contributed by atoms with Gasteiger partial charge in [0.2, 0.25) is 17.2 Å². The van der Waals surface area contributed by atoms with Crippen molar-refractivity contribution in [1.29, 1.82) is 0 Å². The Kier molecular flexibility index (Phi) is 3.94. The van der Waals surface area contributed by atoms with E-state index in [1.165, 1.54) is 25.8 Å². The highest BCUT2D eigenvalue weighted by atomic mass is 35.5. The van der Waals surface area contributed by atoms with Gasteiger partial charge in [0, 0.05) is 39.8 Å². The van der Waals surface area contributed by atoms with Gasteiger partial charge >= 0.3 is 0 Å². The zero-order valence-corrected chi connectivity index (χ0v) is 12.8. The molecular formula is C13H21ClN6. The van der Waals surface area contributed by atoms with Crippen LogP contribution in [0.25, 0.3) is 0 Å². The molecule has 0 aromatic carbocycles. The number of hydrogen-bond donors (Lipinski definition) is 0. The molecule has 0 saturated carbocycles. The fourth-order valence-corrected chi connectivity index (χ4v) is 3.16. The summed E-state index contributed by atoms with van der Waals surface area (Å²) in [6.07, 6.45) is 3.94. The fourth-order valence-electron chi connectivity index (χ4n) is 3.01. The van der Waals surface area contributed by atoms with E-state index in [1.54, 1.807) is 0 Å². The van der Waals surface area contributed by atoms with Crippen LogP contribution in [-0.4, -0.2) is 66.2 Å². The van der Waals surface area contributed by atoms with Gasteiger partial charge in [-0.05, 0) is 31.0 Å². The molecule has 7 heteroatoms. The van der Waals surface area contributed by atoms with Crippen LogP contribution in [0.4, 0.5) is 11.9 Å². The van der Waals surface area contributed by atoms with Gasteiger partial charge in [0.25, 0.3) is 0 Å². The van der Waals surface area contributed by atoms with Gasteiger partial charge in [0.15, 0.2) is 0 Å². The van der Waals surface area contributed by atoms with Gasteiger partial charge in [-0.25, -0.2) is 0 Å². The molecule has 0 N–H and O–H groups in total. The molecule has 0 aliphatic carbocycles. The number of rotatable bonds is 2. The summed E-state index contributed by atoms with van der Waals surface area (Å²) in [6.45, 7) is 4.28. The Labute approximate surface area is 124 Å². The standard InChI is InChI=1S/C13H21ClN6/c1-18(2)12-15-11(14)16-13(17-12)20-8-7-19-6-4-3-5-10(19)9-20/h10H,3-9H2,1-2H3. The monoisotopic (exact) mass is 296 g/mol. The molecule has 2 fully saturated rings. The Bertz CT molecular complexity index is 480. The first-order valence-corrected chi connectivity index (χ1v) is 7.59. The van der Waals surface area contributed by atoms with Crippen LogP contribution in [0.1, 0.15) is 19.3 Å². The molecule has 110 valence electrons. The molecule has 0 spiro atoms. The van der Waals surface area contributed by atoms with Crippen LogP contribution in [0.2, 0.25) is 5.28 Å². The van der Waals surface area contributed by atoms with Crippen molar-refractivity contribution >= 4 is 23.5 Å². The molecule has 1 aromatic rings. The summed E-state index contributed by atoms with van der Waals surface area (Å²) in [6, 6.07) is 0.635. The third-order valence-electron chi connectivity index (χ3n) is 4.10. The van der Waals surface area contributed by atoms with Gasteiger partial charge in [-0.1, -0.05) is 6.42 Å². The Hall–Kier alpha value is -1.14. The minimum absolute atomic E-state index is 0.268. The summed E-state index contributed by atoms with van der Waals surface area (Å²) in [4.78, 5) is 19.7. The van der Waals surface area contributed by atoms with E-state index in [0.717, 1.165) is 19.6 Å². The number of aromatic nitrogens is 3. The summed E-state index contributed by atoms with van der Waals surface area (Å²) in [7, 11) is 3.82. The maximum Gasteiger partial charge on any atom is 0.231 e. The van der Waals surface area contributed by atoms with E-state index in [2.05, 4.69) is 24.8 Å². The SMILES string of the molecule is CN(C)c1nc(Cl)nc(N2CCN3CCCCC3C2)n1. The highest BCUT2D eigenvalue weighted by Gasteiger charge is 2.30. The van der Waals surface area contributed by atoms with Crippen molar-refractivity contribution in [3.05, 3.63) is 5.28 Å². The third-order valence-corrected chi connectivity index (χ3v) is 4.27. The quantitative estimate of drug-likeness (QED) is 0.819. The highest BCUT2D eigenvalue weighted by Crippen LogP contribution is 2.24. The molecule has 1 unspecified atom stereocenters. The van der Waals surface area contributed by atoms with E-state index in [-0.39, 0.29) is 5.28 Å². The smallest absolute Gasteiger partial charge is 0.231 e. The molecule has 2 aliphatic heterocycles. The number of anilines is 2. The topological polar surface area (TPSA) is 48.4 Å². The Balaban J connectivity index is 1.79.